The monoisotopic (exact) mass is 254 g/mol. The van der Waals surface area contributed by atoms with E-state index >= 15 is 0 Å². The van der Waals surface area contributed by atoms with Crippen molar-refractivity contribution < 1.29 is 14.7 Å². The number of benzene rings is 2. The van der Waals surface area contributed by atoms with Gasteiger partial charge in [0.1, 0.15) is 5.75 Å². The first-order valence-electron chi connectivity index (χ1n) is 6.07. The molecule has 0 aromatic heterocycles. The van der Waals surface area contributed by atoms with E-state index in [-0.39, 0.29) is 18.0 Å². The Labute approximate surface area is 111 Å². The van der Waals surface area contributed by atoms with Gasteiger partial charge in [0.05, 0.1) is 0 Å². The molecule has 0 amide bonds. The minimum Gasteiger partial charge on any atom is -0.508 e. The van der Waals surface area contributed by atoms with Crippen LogP contribution in [-0.2, 0) is 11.2 Å². The van der Waals surface area contributed by atoms with Crippen LogP contribution in [0, 0.1) is 0 Å². The van der Waals surface area contributed by atoms with E-state index in [1.54, 1.807) is 54.6 Å². The summed E-state index contributed by atoms with van der Waals surface area (Å²) in [7, 11) is 0. The van der Waals surface area contributed by atoms with Gasteiger partial charge in [-0.25, -0.2) is 0 Å². The molecule has 0 unspecified atom stereocenters. The van der Waals surface area contributed by atoms with Gasteiger partial charge in [0.25, 0.3) is 0 Å². The highest BCUT2D eigenvalue weighted by atomic mass is 16.3. The molecule has 0 fully saturated rings. The summed E-state index contributed by atoms with van der Waals surface area (Å²) < 4.78 is 0. The van der Waals surface area contributed by atoms with Crippen LogP contribution in [0.3, 0.4) is 0 Å². The van der Waals surface area contributed by atoms with Crippen molar-refractivity contribution in [1.82, 2.24) is 0 Å². The fourth-order valence-electron chi connectivity index (χ4n) is 1.78. The van der Waals surface area contributed by atoms with Crippen LogP contribution in [0.25, 0.3) is 0 Å². The van der Waals surface area contributed by atoms with Gasteiger partial charge in [0.15, 0.2) is 0 Å². The van der Waals surface area contributed by atoms with Gasteiger partial charge in [-0.2, -0.15) is 0 Å². The number of aryl methyl sites for hydroxylation is 1. The Bertz CT molecular complexity index is 571. The molecule has 0 aliphatic carbocycles. The summed E-state index contributed by atoms with van der Waals surface area (Å²) in [6.45, 7) is 0. The second kappa shape index (κ2) is 5.96. The molecular weight excluding hydrogens is 240 g/mol. The Morgan fingerprint density at radius 2 is 1.53 bits per heavy atom. The van der Waals surface area contributed by atoms with E-state index in [1.807, 2.05) is 0 Å². The summed E-state index contributed by atoms with van der Waals surface area (Å²) in [6, 6.07) is 15.2. The largest absolute Gasteiger partial charge is 0.508 e. The van der Waals surface area contributed by atoms with Crippen LogP contribution in [0.4, 0.5) is 0 Å². The van der Waals surface area contributed by atoms with Gasteiger partial charge in [-0.1, -0.05) is 42.5 Å². The molecule has 0 radical (unpaired) electrons. The number of aromatic hydroxyl groups is 1. The van der Waals surface area contributed by atoms with Crippen molar-refractivity contribution >= 4 is 11.6 Å². The molecule has 19 heavy (non-hydrogen) atoms. The molecule has 0 bridgehead atoms. The second-order valence-corrected chi connectivity index (χ2v) is 4.28. The number of carbonyl (C=O) groups excluding carboxylic acids is 2. The SMILES string of the molecule is O=C(CCc1ccc(O)cc1)C(=O)c1ccccc1. The van der Waals surface area contributed by atoms with Gasteiger partial charge in [-0.05, 0) is 24.1 Å². The fraction of sp³-hybridized carbons (Fsp3) is 0.125. The molecule has 0 atom stereocenters. The van der Waals surface area contributed by atoms with Gasteiger partial charge in [-0.15, -0.1) is 0 Å². The van der Waals surface area contributed by atoms with E-state index in [1.165, 1.54) is 0 Å². The zero-order chi connectivity index (χ0) is 13.7. The molecular formula is C16H14O3. The number of carbonyl (C=O) groups is 2. The summed E-state index contributed by atoms with van der Waals surface area (Å²) in [5, 5.41) is 9.15. The van der Waals surface area contributed by atoms with E-state index in [9.17, 15) is 9.59 Å². The van der Waals surface area contributed by atoms with E-state index < -0.39 is 5.78 Å². The van der Waals surface area contributed by atoms with E-state index in [0.29, 0.717) is 12.0 Å². The minimum absolute atomic E-state index is 0.179. The number of rotatable bonds is 5. The van der Waals surface area contributed by atoms with Crippen molar-refractivity contribution in [2.24, 2.45) is 0 Å². The zero-order valence-corrected chi connectivity index (χ0v) is 10.4. The maximum atomic E-state index is 11.8. The number of phenols is 1. The molecule has 96 valence electrons. The Balaban J connectivity index is 1.95. The van der Waals surface area contributed by atoms with Crippen molar-refractivity contribution in [3.05, 3.63) is 65.7 Å². The average molecular weight is 254 g/mol. The van der Waals surface area contributed by atoms with Crippen molar-refractivity contribution in [3.8, 4) is 5.75 Å². The van der Waals surface area contributed by atoms with Crippen molar-refractivity contribution in [3.63, 3.8) is 0 Å². The second-order valence-electron chi connectivity index (χ2n) is 4.28. The molecule has 3 nitrogen and oxygen atoms in total. The minimum atomic E-state index is -0.445. The van der Waals surface area contributed by atoms with Crippen LogP contribution >= 0.6 is 0 Å². The summed E-state index contributed by atoms with van der Waals surface area (Å²) in [5.41, 5.74) is 1.35. The third-order valence-corrected chi connectivity index (χ3v) is 2.87. The van der Waals surface area contributed by atoms with Gasteiger partial charge in [0, 0.05) is 12.0 Å². The van der Waals surface area contributed by atoms with Gasteiger partial charge < -0.3 is 5.11 Å². The number of ketones is 2. The number of hydrogen-bond acceptors (Lipinski definition) is 3. The molecule has 3 heteroatoms. The molecule has 2 aromatic carbocycles. The molecule has 1 N–H and O–H groups in total. The third kappa shape index (κ3) is 3.52. The lowest BCUT2D eigenvalue weighted by molar-refractivity contribution is -0.115. The van der Waals surface area contributed by atoms with Crippen molar-refractivity contribution in [2.45, 2.75) is 12.8 Å². The smallest absolute Gasteiger partial charge is 0.228 e. The Morgan fingerprint density at radius 1 is 0.895 bits per heavy atom. The van der Waals surface area contributed by atoms with E-state index in [2.05, 4.69) is 0 Å². The summed E-state index contributed by atoms with van der Waals surface area (Å²) in [5.74, 6) is -0.644. The molecule has 0 aliphatic heterocycles. The first-order chi connectivity index (χ1) is 9.16. The Hall–Kier alpha value is -2.42. The highest BCUT2D eigenvalue weighted by molar-refractivity contribution is 6.43. The van der Waals surface area contributed by atoms with Crippen molar-refractivity contribution in [2.75, 3.05) is 0 Å². The van der Waals surface area contributed by atoms with Crippen LogP contribution in [0.1, 0.15) is 22.3 Å². The first kappa shape index (κ1) is 13.0. The van der Waals surface area contributed by atoms with Crippen LogP contribution in [0.5, 0.6) is 5.75 Å². The fourth-order valence-corrected chi connectivity index (χ4v) is 1.78. The van der Waals surface area contributed by atoms with Gasteiger partial charge >= 0.3 is 0 Å². The number of Topliss-reactive ketones (excluding diaryl/α,β-unsaturated/α-hetero) is 2. The summed E-state index contributed by atoms with van der Waals surface area (Å²) in [6.07, 6.45) is 0.677. The quantitative estimate of drug-likeness (QED) is 0.659. The summed E-state index contributed by atoms with van der Waals surface area (Å²) >= 11 is 0. The summed E-state index contributed by atoms with van der Waals surface area (Å²) in [4.78, 5) is 23.6. The highest BCUT2D eigenvalue weighted by Crippen LogP contribution is 2.12. The predicted octanol–water partition coefficient (Wildman–Crippen LogP) is 2.78. The van der Waals surface area contributed by atoms with Gasteiger partial charge in [0.2, 0.25) is 11.6 Å². The Kier molecular flexibility index (Phi) is 4.08. The van der Waals surface area contributed by atoms with Crippen molar-refractivity contribution in [1.29, 1.82) is 0 Å². The van der Waals surface area contributed by atoms with Gasteiger partial charge in [-0.3, -0.25) is 9.59 Å². The first-order valence-corrected chi connectivity index (χ1v) is 6.07. The number of hydrogen-bond donors (Lipinski definition) is 1. The zero-order valence-electron chi connectivity index (χ0n) is 10.4. The average Bonchev–Trinajstić information content (AvgIpc) is 2.46. The Morgan fingerprint density at radius 3 is 2.16 bits per heavy atom. The van der Waals surface area contributed by atoms with Crippen LogP contribution in [0.2, 0.25) is 0 Å². The standard InChI is InChI=1S/C16H14O3/c17-14-9-6-12(7-10-14)8-11-15(18)16(19)13-4-2-1-3-5-13/h1-7,9-10,17H,8,11H2. The predicted molar refractivity (Wildman–Crippen MR) is 72.2 cm³/mol. The molecule has 0 spiro atoms. The normalized spacial score (nSPS) is 10.1. The number of phenolic OH excluding ortho intramolecular Hbond substituents is 1. The molecule has 0 saturated heterocycles. The maximum absolute atomic E-state index is 11.8. The maximum Gasteiger partial charge on any atom is 0.228 e. The van der Waals surface area contributed by atoms with E-state index in [0.717, 1.165) is 5.56 Å². The topological polar surface area (TPSA) is 54.4 Å². The van der Waals surface area contributed by atoms with E-state index in [4.69, 9.17) is 5.11 Å². The molecule has 0 saturated carbocycles. The lowest BCUT2D eigenvalue weighted by Crippen LogP contribution is -2.14. The van der Waals surface area contributed by atoms with Crippen LogP contribution in [-0.4, -0.2) is 16.7 Å². The lowest BCUT2D eigenvalue weighted by Gasteiger charge is -2.02. The third-order valence-electron chi connectivity index (χ3n) is 2.87. The molecule has 2 rings (SSSR count). The molecule has 0 heterocycles. The lowest BCUT2D eigenvalue weighted by atomic mass is 10.0. The van der Waals surface area contributed by atoms with Crippen LogP contribution < -0.4 is 0 Å². The van der Waals surface area contributed by atoms with Crippen LogP contribution in [0.15, 0.2) is 54.6 Å². The molecule has 2 aromatic rings. The highest BCUT2D eigenvalue weighted by Gasteiger charge is 2.15. The molecule has 0 aliphatic rings.